The summed E-state index contributed by atoms with van der Waals surface area (Å²) >= 11 is 0. The molecule has 0 saturated heterocycles. The number of benzene rings is 2. The van der Waals surface area contributed by atoms with E-state index in [-0.39, 0.29) is 17.1 Å². The average Bonchev–Trinajstić information content (AvgIpc) is 2.46. The Morgan fingerprint density at radius 1 is 1.25 bits per heavy atom. The van der Waals surface area contributed by atoms with Crippen LogP contribution < -0.4 is 0 Å². The van der Waals surface area contributed by atoms with Crippen LogP contribution in [0.5, 0.6) is 0 Å². The molecular formula is C15H9FN2O2. The van der Waals surface area contributed by atoms with Gasteiger partial charge in [-0.2, -0.15) is 5.26 Å². The molecule has 0 N–H and O–H groups in total. The van der Waals surface area contributed by atoms with E-state index in [1.807, 2.05) is 6.07 Å². The first-order chi connectivity index (χ1) is 9.60. The molecule has 4 nitrogen and oxygen atoms in total. The molecule has 2 aromatic carbocycles. The molecular weight excluding hydrogens is 259 g/mol. The molecule has 0 saturated carbocycles. The molecule has 0 heterocycles. The molecule has 2 rings (SSSR count). The molecule has 0 spiro atoms. The molecule has 0 aliphatic rings. The van der Waals surface area contributed by atoms with Crippen LogP contribution in [0.3, 0.4) is 0 Å². The van der Waals surface area contributed by atoms with Crippen LogP contribution in [0, 0.1) is 27.3 Å². The van der Waals surface area contributed by atoms with Crippen molar-refractivity contribution in [2.45, 2.75) is 0 Å². The predicted octanol–water partition coefficient (Wildman–Crippen LogP) is 3.80. The zero-order chi connectivity index (χ0) is 14.5. The van der Waals surface area contributed by atoms with Gasteiger partial charge >= 0.3 is 0 Å². The van der Waals surface area contributed by atoms with Gasteiger partial charge in [-0.3, -0.25) is 10.1 Å². The zero-order valence-corrected chi connectivity index (χ0v) is 10.3. The molecule has 0 aliphatic carbocycles. The molecule has 0 aliphatic heterocycles. The van der Waals surface area contributed by atoms with Gasteiger partial charge in [0.25, 0.3) is 5.69 Å². The van der Waals surface area contributed by atoms with E-state index in [0.29, 0.717) is 11.1 Å². The van der Waals surface area contributed by atoms with E-state index < -0.39 is 4.92 Å². The average molecular weight is 268 g/mol. The lowest BCUT2D eigenvalue weighted by Crippen LogP contribution is -1.89. The summed E-state index contributed by atoms with van der Waals surface area (Å²) in [7, 11) is 0. The van der Waals surface area contributed by atoms with E-state index in [2.05, 4.69) is 0 Å². The number of nitrogens with zero attached hydrogens (tertiary/aromatic N) is 2. The number of allylic oxidation sites excluding steroid dienone is 1. The van der Waals surface area contributed by atoms with Crippen molar-refractivity contribution in [1.82, 2.24) is 0 Å². The van der Waals surface area contributed by atoms with Gasteiger partial charge in [0.2, 0.25) is 0 Å². The SMILES string of the molecule is N#CC(=Cc1ccc(F)cc1)c1cccc([N+](=O)[O-])c1. The predicted molar refractivity (Wildman–Crippen MR) is 73.0 cm³/mol. The van der Waals surface area contributed by atoms with Gasteiger partial charge in [-0.15, -0.1) is 0 Å². The maximum atomic E-state index is 12.8. The first-order valence-corrected chi connectivity index (χ1v) is 5.72. The molecule has 0 unspecified atom stereocenters. The van der Waals surface area contributed by atoms with E-state index in [1.54, 1.807) is 12.1 Å². The number of halogens is 1. The Hall–Kier alpha value is -3.00. The van der Waals surface area contributed by atoms with Crippen molar-refractivity contribution in [3.8, 4) is 6.07 Å². The third kappa shape index (κ3) is 3.06. The lowest BCUT2D eigenvalue weighted by atomic mass is 10.0. The minimum Gasteiger partial charge on any atom is -0.258 e. The molecule has 0 fully saturated rings. The first-order valence-electron chi connectivity index (χ1n) is 5.72. The standard InChI is InChI=1S/C15H9FN2O2/c16-14-6-4-11(5-7-14)8-13(10-17)12-2-1-3-15(9-12)18(19)20/h1-9H. The Kier molecular flexibility index (Phi) is 3.87. The number of nitriles is 1. The maximum absolute atomic E-state index is 12.8. The Morgan fingerprint density at radius 2 is 1.95 bits per heavy atom. The van der Waals surface area contributed by atoms with E-state index in [1.165, 1.54) is 42.5 Å². The van der Waals surface area contributed by atoms with Gasteiger partial charge < -0.3 is 0 Å². The summed E-state index contributed by atoms with van der Waals surface area (Å²) in [6.07, 6.45) is 1.55. The van der Waals surface area contributed by atoms with Crippen molar-refractivity contribution < 1.29 is 9.31 Å². The highest BCUT2D eigenvalue weighted by Gasteiger charge is 2.08. The smallest absolute Gasteiger partial charge is 0.258 e. The minimum atomic E-state index is -0.517. The van der Waals surface area contributed by atoms with Crippen LogP contribution >= 0.6 is 0 Å². The van der Waals surface area contributed by atoms with Gasteiger partial charge in [0, 0.05) is 12.1 Å². The Balaban J connectivity index is 2.42. The van der Waals surface area contributed by atoms with E-state index in [9.17, 15) is 14.5 Å². The second kappa shape index (κ2) is 5.76. The molecule has 0 bridgehead atoms. The number of rotatable bonds is 3. The van der Waals surface area contributed by atoms with Gasteiger partial charge in [-0.05, 0) is 29.3 Å². The lowest BCUT2D eigenvalue weighted by molar-refractivity contribution is -0.384. The van der Waals surface area contributed by atoms with Crippen molar-refractivity contribution in [2.75, 3.05) is 0 Å². The van der Waals surface area contributed by atoms with Crippen molar-refractivity contribution in [2.24, 2.45) is 0 Å². The molecule has 5 heteroatoms. The fourth-order valence-electron chi connectivity index (χ4n) is 1.69. The fourth-order valence-corrected chi connectivity index (χ4v) is 1.69. The van der Waals surface area contributed by atoms with Gasteiger partial charge in [-0.1, -0.05) is 24.3 Å². The van der Waals surface area contributed by atoms with Crippen molar-refractivity contribution in [1.29, 1.82) is 5.26 Å². The fraction of sp³-hybridized carbons (Fsp3) is 0. The van der Waals surface area contributed by atoms with E-state index in [4.69, 9.17) is 5.26 Å². The zero-order valence-electron chi connectivity index (χ0n) is 10.3. The highest BCUT2D eigenvalue weighted by atomic mass is 19.1. The first kappa shape index (κ1) is 13.4. The van der Waals surface area contributed by atoms with Gasteiger partial charge in [0.05, 0.1) is 16.6 Å². The van der Waals surface area contributed by atoms with Crippen LogP contribution in [0.4, 0.5) is 10.1 Å². The summed E-state index contributed by atoms with van der Waals surface area (Å²) in [6.45, 7) is 0. The number of hydrogen-bond donors (Lipinski definition) is 0. The number of hydrogen-bond acceptors (Lipinski definition) is 3. The summed E-state index contributed by atoms with van der Waals surface area (Å²) in [5, 5.41) is 19.9. The van der Waals surface area contributed by atoms with Gasteiger partial charge in [-0.25, -0.2) is 4.39 Å². The highest BCUT2D eigenvalue weighted by molar-refractivity contribution is 5.90. The molecule has 0 aromatic heterocycles. The van der Waals surface area contributed by atoms with Crippen LogP contribution in [-0.2, 0) is 0 Å². The van der Waals surface area contributed by atoms with Crippen molar-refractivity contribution in [3.63, 3.8) is 0 Å². The largest absolute Gasteiger partial charge is 0.270 e. The number of non-ortho nitro benzene ring substituents is 1. The van der Waals surface area contributed by atoms with E-state index >= 15 is 0 Å². The van der Waals surface area contributed by atoms with Crippen LogP contribution in [0.2, 0.25) is 0 Å². The Labute approximate surface area is 114 Å². The van der Waals surface area contributed by atoms with Crippen molar-refractivity contribution in [3.05, 3.63) is 75.6 Å². The second-order valence-corrected chi connectivity index (χ2v) is 4.03. The normalized spacial score (nSPS) is 10.9. The summed E-state index contributed by atoms with van der Waals surface area (Å²) in [4.78, 5) is 10.2. The molecule has 98 valence electrons. The maximum Gasteiger partial charge on any atom is 0.270 e. The van der Waals surface area contributed by atoms with Crippen LogP contribution in [-0.4, -0.2) is 4.92 Å². The van der Waals surface area contributed by atoms with Crippen LogP contribution in [0.25, 0.3) is 11.6 Å². The van der Waals surface area contributed by atoms with Gasteiger partial charge in [0.1, 0.15) is 5.82 Å². The van der Waals surface area contributed by atoms with Crippen LogP contribution in [0.1, 0.15) is 11.1 Å². The number of nitro groups is 1. The molecule has 20 heavy (non-hydrogen) atoms. The molecule has 0 atom stereocenters. The minimum absolute atomic E-state index is 0.0808. The highest BCUT2D eigenvalue weighted by Crippen LogP contribution is 2.22. The second-order valence-electron chi connectivity index (χ2n) is 4.03. The molecule has 0 amide bonds. The summed E-state index contributed by atoms with van der Waals surface area (Å²) in [5.41, 5.74) is 1.29. The number of nitro benzene ring substituents is 1. The summed E-state index contributed by atoms with van der Waals surface area (Å²) in [5.74, 6) is -0.365. The van der Waals surface area contributed by atoms with Crippen molar-refractivity contribution >= 4 is 17.3 Å². The molecule has 0 radical (unpaired) electrons. The monoisotopic (exact) mass is 268 g/mol. The molecule has 2 aromatic rings. The Bertz CT molecular complexity index is 715. The van der Waals surface area contributed by atoms with E-state index in [0.717, 1.165) is 0 Å². The topological polar surface area (TPSA) is 66.9 Å². The third-order valence-corrected chi connectivity index (χ3v) is 2.67. The van der Waals surface area contributed by atoms with Crippen LogP contribution in [0.15, 0.2) is 48.5 Å². The lowest BCUT2D eigenvalue weighted by Gasteiger charge is -2.00. The Morgan fingerprint density at radius 3 is 2.55 bits per heavy atom. The third-order valence-electron chi connectivity index (χ3n) is 2.67. The quantitative estimate of drug-likeness (QED) is 0.368. The summed E-state index contributed by atoms with van der Waals surface area (Å²) in [6, 6.07) is 13.5. The van der Waals surface area contributed by atoms with Gasteiger partial charge in [0.15, 0.2) is 0 Å². The summed E-state index contributed by atoms with van der Waals surface area (Å²) < 4.78 is 12.8.